The first-order chi connectivity index (χ1) is 11.0. The van der Waals surface area contributed by atoms with E-state index in [1.54, 1.807) is 25.0 Å². The van der Waals surface area contributed by atoms with Gasteiger partial charge >= 0.3 is 0 Å². The van der Waals surface area contributed by atoms with E-state index in [1.807, 2.05) is 4.90 Å². The molecule has 0 radical (unpaired) electrons. The maximum atomic E-state index is 12.9. The van der Waals surface area contributed by atoms with Crippen LogP contribution in [0.4, 0.5) is 0 Å². The fraction of sp³-hybridized carbons (Fsp3) is 0.688. The molecule has 3 heterocycles. The second kappa shape index (κ2) is 5.96. The van der Waals surface area contributed by atoms with Crippen molar-refractivity contribution in [3.63, 3.8) is 0 Å². The van der Waals surface area contributed by atoms with Gasteiger partial charge in [-0.15, -0.1) is 0 Å². The highest BCUT2D eigenvalue weighted by Gasteiger charge is 2.55. The monoisotopic (exact) mass is 321 g/mol. The molecule has 3 rings (SSSR count). The largest absolute Gasteiger partial charge is 0.383 e. The number of likely N-dealkylation sites (tertiary alicyclic amines) is 2. The molecule has 2 saturated heterocycles. The van der Waals surface area contributed by atoms with Crippen LogP contribution in [0.25, 0.3) is 0 Å². The van der Waals surface area contributed by atoms with Gasteiger partial charge in [0.15, 0.2) is 5.69 Å². The Morgan fingerprint density at radius 3 is 3.00 bits per heavy atom. The van der Waals surface area contributed by atoms with E-state index in [0.717, 1.165) is 13.0 Å². The lowest BCUT2D eigenvalue weighted by Crippen LogP contribution is -2.41. The Bertz CT molecular complexity index is 614. The third kappa shape index (κ3) is 2.63. The number of carbonyl (C=O) groups excluding carboxylic acids is 2. The molecular weight excluding hydrogens is 298 g/mol. The number of carbonyl (C=O) groups is 2. The van der Waals surface area contributed by atoms with Crippen LogP contribution in [-0.2, 0) is 9.53 Å². The van der Waals surface area contributed by atoms with Gasteiger partial charge < -0.3 is 19.1 Å². The first-order valence-electron chi connectivity index (χ1n) is 7.99. The molecule has 7 heteroatoms. The molecule has 7 nitrogen and oxygen atoms in total. The molecule has 2 aliphatic heterocycles. The summed E-state index contributed by atoms with van der Waals surface area (Å²) in [4.78, 5) is 29.0. The predicted molar refractivity (Wildman–Crippen MR) is 81.8 cm³/mol. The van der Waals surface area contributed by atoms with E-state index >= 15 is 0 Å². The summed E-state index contributed by atoms with van der Waals surface area (Å²) in [6, 6.07) is 1.64. The maximum absolute atomic E-state index is 12.9. The van der Waals surface area contributed by atoms with Gasteiger partial charge in [0.05, 0.1) is 12.0 Å². The highest BCUT2D eigenvalue weighted by atomic mass is 16.5. The summed E-state index contributed by atoms with van der Waals surface area (Å²) < 4.78 is 10.1. The van der Waals surface area contributed by atoms with Gasteiger partial charge in [0.2, 0.25) is 5.91 Å². The van der Waals surface area contributed by atoms with E-state index in [1.165, 1.54) is 0 Å². The molecule has 23 heavy (non-hydrogen) atoms. The van der Waals surface area contributed by atoms with Crippen LogP contribution in [0.3, 0.4) is 0 Å². The zero-order valence-electron chi connectivity index (χ0n) is 13.9. The summed E-state index contributed by atoms with van der Waals surface area (Å²) in [6.07, 6.45) is 0.790. The summed E-state index contributed by atoms with van der Waals surface area (Å²) in [7, 11) is 1.63. The van der Waals surface area contributed by atoms with Crippen LogP contribution in [-0.4, -0.2) is 66.7 Å². The molecule has 1 aromatic heterocycles. The highest BCUT2D eigenvalue weighted by molar-refractivity contribution is 5.94. The summed E-state index contributed by atoms with van der Waals surface area (Å²) in [5.74, 6) is 0.736. The van der Waals surface area contributed by atoms with E-state index in [4.69, 9.17) is 9.26 Å². The smallest absolute Gasteiger partial charge is 0.276 e. The molecule has 0 bridgehead atoms. The molecule has 2 aliphatic rings. The van der Waals surface area contributed by atoms with Crippen LogP contribution < -0.4 is 0 Å². The Kier molecular flexibility index (Phi) is 4.14. The predicted octanol–water partition coefficient (Wildman–Crippen LogP) is 0.940. The minimum absolute atomic E-state index is 0.138. The molecule has 2 atom stereocenters. The molecule has 0 N–H and O–H groups in total. The second-order valence-electron chi connectivity index (χ2n) is 6.60. The lowest BCUT2D eigenvalue weighted by Gasteiger charge is -2.26. The SMILES string of the molecule is COCCN1CC[C@]2(CN(C(=O)c3cc(C)on3)C[C@H]2C)C1=O. The van der Waals surface area contributed by atoms with Crippen molar-refractivity contribution in [1.82, 2.24) is 15.0 Å². The van der Waals surface area contributed by atoms with Crippen molar-refractivity contribution in [2.75, 3.05) is 39.9 Å². The number of ether oxygens (including phenoxy) is 1. The van der Waals surface area contributed by atoms with Crippen molar-refractivity contribution in [2.45, 2.75) is 20.3 Å². The Hall–Kier alpha value is -1.89. The normalized spacial score (nSPS) is 27.4. The zero-order chi connectivity index (χ0) is 16.6. The Balaban J connectivity index is 1.73. The van der Waals surface area contributed by atoms with E-state index in [9.17, 15) is 9.59 Å². The zero-order valence-corrected chi connectivity index (χ0v) is 13.9. The summed E-state index contributed by atoms with van der Waals surface area (Å²) in [6.45, 7) is 6.73. The van der Waals surface area contributed by atoms with E-state index in [-0.39, 0.29) is 17.7 Å². The first kappa shape index (κ1) is 16.0. The van der Waals surface area contributed by atoms with Crippen LogP contribution in [0.2, 0.25) is 0 Å². The molecule has 0 aromatic carbocycles. The number of aryl methyl sites for hydroxylation is 1. The van der Waals surface area contributed by atoms with Crippen molar-refractivity contribution < 1.29 is 18.8 Å². The van der Waals surface area contributed by atoms with Crippen LogP contribution >= 0.6 is 0 Å². The van der Waals surface area contributed by atoms with Gasteiger partial charge in [0, 0.05) is 39.4 Å². The number of nitrogens with zero attached hydrogens (tertiary/aromatic N) is 3. The number of hydrogen-bond acceptors (Lipinski definition) is 5. The van der Waals surface area contributed by atoms with Gasteiger partial charge in [-0.05, 0) is 19.3 Å². The summed E-state index contributed by atoms with van der Waals surface area (Å²) in [5, 5.41) is 3.80. The molecule has 0 aliphatic carbocycles. The number of rotatable bonds is 4. The Morgan fingerprint density at radius 2 is 2.35 bits per heavy atom. The lowest BCUT2D eigenvalue weighted by molar-refractivity contribution is -0.137. The van der Waals surface area contributed by atoms with Crippen LogP contribution in [0.15, 0.2) is 10.6 Å². The molecule has 126 valence electrons. The van der Waals surface area contributed by atoms with E-state index in [2.05, 4.69) is 12.1 Å². The van der Waals surface area contributed by atoms with Gasteiger partial charge in [-0.2, -0.15) is 0 Å². The van der Waals surface area contributed by atoms with Crippen LogP contribution in [0.5, 0.6) is 0 Å². The number of methoxy groups -OCH3 is 1. The van der Waals surface area contributed by atoms with Crippen molar-refractivity contribution in [3.05, 3.63) is 17.5 Å². The molecule has 2 amide bonds. The van der Waals surface area contributed by atoms with Gasteiger partial charge in [-0.1, -0.05) is 12.1 Å². The summed E-state index contributed by atoms with van der Waals surface area (Å²) >= 11 is 0. The van der Waals surface area contributed by atoms with E-state index in [0.29, 0.717) is 37.7 Å². The van der Waals surface area contributed by atoms with Crippen LogP contribution in [0, 0.1) is 18.3 Å². The minimum atomic E-state index is -0.456. The molecular formula is C16H23N3O4. The number of amides is 2. The third-order valence-electron chi connectivity index (χ3n) is 5.15. The van der Waals surface area contributed by atoms with Crippen molar-refractivity contribution >= 4 is 11.8 Å². The second-order valence-corrected chi connectivity index (χ2v) is 6.60. The molecule has 1 spiro atoms. The van der Waals surface area contributed by atoms with E-state index < -0.39 is 5.41 Å². The average molecular weight is 321 g/mol. The number of aromatic nitrogens is 1. The quantitative estimate of drug-likeness (QED) is 0.825. The third-order valence-corrected chi connectivity index (χ3v) is 5.15. The van der Waals surface area contributed by atoms with Gasteiger partial charge in [-0.25, -0.2) is 0 Å². The van der Waals surface area contributed by atoms with Gasteiger partial charge in [0.25, 0.3) is 5.91 Å². The van der Waals surface area contributed by atoms with Crippen molar-refractivity contribution in [2.24, 2.45) is 11.3 Å². The lowest BCUT2D eigenvalue weighted by atomic mass is 9.78. The van der Waals surface area contributed by atoms with Crippen LogP contribution in [0.1, 0.15) is 29.6 Å². The maximum Gasteiger partial charge on any atom is 0.276 e. The molecule has 2 fully saturated rings. The minimum Gasteiger partial charge on any atom is -0.383 e. The Morgan fingerprint density at radius 1 is 1.57 bits per heavy atom. The van der Waals surface area contributed by atoms with Gasteiger partial charge in [-0.3, -0.25) is 9.59 Å². The average Bonchev–Trinajstić information content (AvgIpc) is 3.19. The topological polar surface area (TPSA) is 75.9 Å². The van der Waals surface area contributed by atoms with Crippen molar-refractivity contribution in [1.29, 1.82) is 0 Å². The highest BCUT2D eigenvalue weighted by Crippen LogP contribution is 2.44. The van der Waals surface area contributed by atoms with Gasteiger partial charge in [0.1, 0.15) is 5.76 Å². The summed E-state index contributed by atoms with van der Waals surface area (Å²) in [5.41, 5.74) is -0.143. The Labute approximate surface area is 135 Å². The van der Waals surface area contributed by atoms with Crippen molar-refractivity contribution in [3.8, 4) is 0 Å². The molecule has 0 saturated carbocycles. The molecule has 0 unspecified atom stereocenters. The first-order valence-corrected chi connectivity index (χ1v) is 7.99. The number of hydrogen-bond donors (Lipinski definition) is 0. The molecule has 1 aromatic rings. The standard InChI is InChI=1S/C16H23N3O4/c1-11-9-19(14(20)13-8-12(2)23-17-13)10-16(11)4-5-18(15(16)21)6-7-22-3/h8,11H,4-7,9-10H2,1-3H3/t11-,16-/m1/s1. The fourth-order valence-corrected chi connectivity index (χ4v) is 3.73. The fourth-order valence-electron chi connectivity index (χ4n) is 3.73.